The third-order valence-corrected chi connectivity index (χ3v) is 3.99. The van der Waals surface area contributed by atoms with Crippen molar-refractivity contribution in [2.75, 3.05) is 6.54 Å². The molecule has 29 heavy (non-hydrogen) atoms. The summed E-state index contributed by atoms with van der Waals surface area (Å²) in [5, 5.41) is 4.63. The number of hydrogen-bond donors (Lipinski definition) is 0. The third kappa shape index (κ3) is 8.15. The van der Waals surface area contributed by atoms with E-state index in [0.717, 1.165) is 23.5 Å². The number of rotatable bonds is 4. The minimum atomic E-state index is -0.579. The van der Waals surface area contributed by atoms with Crippen molar-refractivity contribution in [2.45, 2.75) is 27.7 Å². The van der Waals surface area contributed by atoms with Crippen LogP contribution in [0.2, 0.25) is 0 Å². The summed E-state index contributed by atoms with van der Waals surface area (Å²) in [5.41, 5.74) is 6.97. The number of aliphatic imine (C=N–C) groups is 1. The number of esters is 2. The number of hydrogen-bond acceptors (Lipinski definition) is 4. The smallest absolute Gasteiger partial charge is 0.680 e. The maximum absolute atomic E-state index is 9.92. The van der Waals surface area contributed by atoms with Gasteiger partial charge in [-0.1, -0.05) is 54.1 Å². The second kappa shape index (κ2) is 12.8. The summed E-state index contributed by atoms with van der Waals surface area (Å²) in [6.45, 7) is 8.97. The van der Waals surface area contributed by atoms with Crippen LogP contribution in [-0.4, -0.2) is 24.7 Å². The Morgan fingerprint density at radius 3 is 1.72 bits per heavy atom. The monoisotopic (exact) mass is 484 g/mol. The number of nitrogens with zero attached hydrogens (tertiary/aromatic N) is 2. The summed E-state index contributed by atoms with van der Waals surface area (Å²) in [4.78, 5) is 24.4. The number of ether oxygens (including phenoxy) is 1. The summed E-state index contributed by atoms with van der Waals surface area (Å²) >= 11 is 0. The van der Waals surface area contributed by atoms with Gasteiger partial charge < -0.3 is 17.5 Å². The van der Waals surface area contributed by atoms with E-state index in [1.165, 1.54) is 22.3 Å². The predicted molar refractivity (Wildman–Crippen MR) is 115 cm³/mol. The molecule has 0 saturated carbocycles. The predicted octanol–water partition coefficient (Wildman–Crippen LogP) is 5.40. The molecule has 3 rings (SSSR count). The molecule has 0 spiro atoms. The Kier molecular flexibility index (Phi) is 11.7. The van der Waals surface area contributed by atoms with E-state index in [0.29, 0.717) is 6.54 Å². The van der Waals surface area contributed by atoms with E-state index < -0.39 is 11.9 Å². The van der Waals surface area contributed by atoms with Gasteiger partial charge in [0.2, 0.25) is 0 Å². The number of benzene rings is 2. The van der Waals surface area contributed by atoms with Crippen LogP contribution in [0.1, 0.15) is 22.3 Å². The van der Waals surface area contributed by atoms with Crippen LogP contribution < -0.4 is 0 Å². The Morgan fingerprint density at radius 1 is 0.862 bits per heavy atom. The molecule has 0 amide bonds. The number of carbonyl (C=O) groups excluding carboxylic acids is 2. The van der Waals surface area contributed by atoms with Gasteiger partial charge in [-0.3, -0.25) is 4.99 Å². The Morgan fingerprint density at radius 2 is 1.31 bits per heavy atom. The fraction of sp³-hybridized carbons (Fsp3) is 0.217. The maximum atomic E-state index is 9.92. The van der Waals surface area contributed by atoms with Crippen LogP contribution in [0, 0.1) is 35.1 Å². The largest absolute Gasteiger partial charge is 2.00 e. The maximum Gasteiger partial charge on any atom is 2.00 e. The Balaban J connectivity index is 0.000000742. The number of para-hydroxylation sites is 2. The van der Waals surface area contributed by atoms with Gasteiger partial charge in [0.25, 0.3) is 0 Å². The van der Waals surface area contributed by atoms with E-state index in [9.17, 15) is 9.59 Å². The molecular weight excluding hydrogens is 459 g/mol. The normalized spacial score (nSPS) is 11.9. The minimum absolute atomic E-state index is 0. The van der Waals surface area contributed by atoms with Crippen molar-refractivity contribution in [1.82, 2.24) is 0 Å². The Bertz CT molecular complexity index is 848. The molecule has 0 aliphatic carbocycles. The number of cyclic esters (lactones) is 2. The van der Waals surface area contributed by atoms with Gasteiger partial charge >= 0.3 is 32.4 Å². The average molecular weight is 485 g/mol. The second-order valence-corrected chi connectivity index (χ2v) is 6.21. The van der Waals surface area contributed by atoms with Crippen molar-refractivity contribution < 1.29 is 34.7 Å². The molecule has 2 aromatic rings. The molecule has 1 aliphatic rings. The zero-order valence-corrected chi connectivity index (χ0v) is 18.9. The first-order chi connectivity index (χ1) is 12.9. The van der Waals surface area contributed by atoms with Crippen LogP contribution in [0.15, 0.2) is 53.5 Å². The van der Waals surface area contributed by atoms with E-state index in [1.54, 1.807) is 0 Å². The van der Waals surface area contributed by atoms with Crippen molar-refractivity contribution in [3.8, 4) is 0 Å². The fourth-order valence-electron chi connectivity index (χ4n) is 2.63. The van der Waals surface area contributed by atoms with Gasteiger partial charge in [-0.15, -0.1) is 5.69 Å². The molecular formula is C23H26N2O3Pd. The first-order valence-electron chi connectivity index (χ1n) is 8.65. The summed E-state index contributed by atoms with van der Waals surface area (Å²) in [7, 11) is 0. The first kappa shape index (κ1) is 26.5. The molecule has 0 N–H and O–H groups in total. The molecule has 0 atom stereocenters. The van der Waals surface area contributed by atoms with Gasteiger partial charge in [0.1, 0.15) is 0 Å². The van der Waals surface area contributed by atoms with Crippen molar-refractivity contribution >= 4 is 29.5 Å². The SMILES string of the molecule is Cc1cccc(C)c1N=CC[N-]c1c(C)cccc1C.O=C1C=CC(=O)O1.[CH3-].[Pd+2]. The quantitative estimate of drug-likeness (QED) is 0.192. The van der Waals surface area contributed by atoms with Crippen molar-refractivity contribution in [2.24, 2.45) is 4.99 Å². The fourth-order valence-corrected chi connectivity index (χ4v) is 2.63. The molecule has 0 fully saturated rings. The van der Waals surface area contributed by atoms with Crippen molar-refractivity contribution in [3.05, 3.63) is 83.5 Å². The number of aryl methyl sites for hydroxylation is 4. The van der Waals surface area contributed by atoms with Crippen molar-refractivity contribution in [1.29, 1.82) is 0 Å². The molecule has 6 heteroatoms. The Labute approximate surface area is 186 Å². The number of carbonyl (C=O) groups is 2. The van der Waals surface area contributed by atoms with Gasteiger partial charge in [0.05, 0.1) is 5.69 Å². The molecule has 2 aromatic carbocycles. The van der Waals surface area contributed by atoms with Crippen LogP contribution >= 0.6 is 0 Å². The van der Waals surface area contributed by atoms with E-state index in [2.05, 4.69) is 79.1 Å². The molecule has 156 valence electrons. The zero-order chi connectivity index (χ0) is 19.8. The molecule has 0 saturated heterocycles. The summed E-state index contributed by atoms with van der Waals surface area (Å²) in [6.07, 6.45) is 4.06. The van der Waals surface area contributed by atoms with Crippen LogP contribution in [-0.2, 0) is 34.7 Å². The molecule has 5 nitrogen and oxygen atoms in total. The topological polar surface area (TPSA) is 69.8 Å². The summed E-state index contributed by atoms with van der Waals surface area (Å²) in [5.74, 6) is -1.16. The molecule has 1 aliphatic heterocycles. The van der Waals surface area contributed by atoms with Gasteiger partial charge in [-0.05, 0) is 45.0 Å². The van der Waals surface area contributed by atoms with E-state index in [-0.39, 0.29) is 27.8 Å². The minimum Gasteiger partial charge on any atom is -0.680 e. The first-order valence-corrected chi connectivity index (χ1v) is 8.65. The third-order valence-electron chi connectivity index (χ3n) is 3.99. The second-order valence-electron chi connectivity index (χ2n) is 6.21. The van der Waals surface area contributed by atoms with E-state index in [4.69, 9.17) is 0 Å². The Hall–Kier alpha value is -2.55. The van der Waals surface area contributed by atoms with Crippen LogP contribution in [0.4, 0.5) is 11.4 Å². The molecule has 0 unspecified atom stereocenters. The zero-order valence-electron chi connectivity index (χ0n) is 17.3. The van der Waals surface area contributed by atoms with Gasteiger partial charge in [-0.25, -0.2) is 9.59 Å². The molecule has 1 heterocycles. The molecule has 0 bridgehead atoms. The van der Waals surface area contributed by atoms with Gasteiger partial charge in [0, 0.05) is 12.2 Å². The average Bonchev–Trinajstić information content (AvgIpc) is 2.99. The van der Waals surface area contributed by atoms with E-state index >= 15 is 0 Å². The summed E-state index contributed by atoms with van der Waals surface area (Å²) < 4.78 is 3.97. The van der Waals surface area contributed by atoms with Crippen LogP contribution in [0.25, 0.3) is 5.32 Å². The standard InChI is InChI=1S/C18H21N2.C4H2O3.CH3.Pd/c1-13-7-5-8-14(2)17(13)19-11-12-20-18-15(3)9-6-10-16(18)4;5-3-1-2-4(6)7-3;;/h5-11H,12H2,1-4H3;1-2H;1H3;/q-1;;-1;+2. The summed E-state index contributed by atoms with van der Waals surface area (Å²) in [6, 6.07) is 12.5. The van der Waals surface area contributed by atoms with Gasteiger partial charge in [0.15, 0.2) is 0 Å². The molecule has 0 radical (unpaired) electrons. The van der Waals surface area contributed by atoms with Crippen LogP contribution in [0.3, 0.4) is 0 Å². The van der Waals surface area contributed by atoms with E-state index in [1.807, 2.05) is 6.21 Å². The van der Waals surface area contributed by atoms with Crippen molar-refractivity contribution in [3.63, 3.8) is 0 Å². The van der Waals surface area contributed by atoms with Crippen LogP contribution in [0.5, 0.6) is 0 Å². The molecule has 0 aromatic heterocycles. The van der Waals surface area contributed by atoms with Gasteiger partial charge in [-0.2, -0.15) is 0 Å².